The molecule has 2 heterocycles. The molecule has 2 aliphatic rings. The largest absolute Gasteiger partial charge is 0.396 e. The summed E-state index contributed by atoms with van der Waals surface area (Å²) in [5.41, 5.74) is -0.476. The van der Waals surface area contributed by atoms with E-state index in [1.54, 1.807) is 24.8 Å². The van der Waals surface area contributed by atoms with Gasteiger partial charge in [-0.3, -0.25) is 4.79 Å². The maximum Gasteiger partial charge on any atom is 0.264 e. The van der Waals surface area contributed by atoms with Gasteiger partial charge in [0.15, 0.2) is 5.60 Å². The van der Waals surface area contributed by atoms with Crippen molar-refractivity contribution < 1.29 is 19.7 Å². The highest BCUT2D eigenvalue weighted by molar-refractivity contribution is 6.07. The zero-order valence-corrected chi connectivity index (χ0v) is 15.1. The summed E-state index contributed by atoms with van der Waals surface area (Å²) < 4.78 is 6.37. The van der Waals surface area contributed by atoms with Gasteiger partial charge in [0.05, 0.1) is 17.4 Å². The summed E-state index contributed by atoms with van der Waals surface area (Å²) in [6, 6.07) is 7.65. The highest BCUT2D eigenvalue weighted by Crippen LogP contribution is 2.57. The molecule has 136 valence electrons. The van der Waals surface area contributed by atoms with E-state index in [2.05, 4.69) is 6.58 Å². The zero-order chi connectivity index (χ0) is 18.4. The van der Waals surface area contributed by atoms with E-state index in [0.717, 1.165) is 11.3 Å². The predicted molar refractivity (Wildman–Crippen MR) is 96.2 cm³/mol. The molecule has 2 aliphatic heterocycles. The molecule has 3 rings (SSSR count). The number of para-hydroxylation sites is 1. The number of carbonyl (C=O) groups excluding carboxylic acids is 1. The topological polar surface area (TPSA) is 70.0 Å². The molecular weight excluding hydrogens is 318 g/mol. The summed E-state index contributed by atoms with van der Waals surface area (Å²) in [5.74, 6) is -0.608. The van der Waals surface area contributed by atoms with Gasteiger partial charge in [-0.2, -0.15) is 0 Å². The van der Waals surface area contributed by atoms with Crippen molar-refractivity contribution in [2.75, 3.05) is 18.1 Å². The van der Waals surface area contributed by atoms with Crippen molar-refractivity contribution in [3.05, 3.63) is 42.5 Å². The van der Waals surface area contributed by atoms with Gasteiger partial charge in [0.25, 0.3) is 5.91 Å². The van der Waals surface area contributed by atoms with Crippen LogP contribution in [-0.4, -0.2) is 41.0 Å². The number of hydrogen-bond donors (Lipinski definition) is 2. The average molecular weight is 345 g/mol. The van der Waals surface area contributed by atoms with E-state index in [-0.39, 0.29) is 30.5 Å². The van der Waals surface area contributed by atoms with Crippen LogP contribution in [0.4, 0.5) is 5.69 Å². The van der Waals surface area contributed by atoms with Crippen LogP contribution in [0, 0.1) is 11.8 Å². The molecule has 0 aliphatic carbocycles. The highest BCUT2D eigenvalue weighted by atomic mass is 16.5. The molecule has 0 aromatic heterocycles. The Kier molecular flexibility index (Phi) is 4.52. The molecule has 1 amide bonds. The Morgan fingerprint density at radius 2 is 2.08 bits per heavy atom. The summed E-state index contributed by atoms with van der Waals surface area (Å²) in [7, 11) is 0. The Labute approximate surface area is 148 Å². The van der Waals surface area contributed by atoms with Crippen LogP contribution in [0.15, 0.2) is 36.9 Å². The van der Waals surface area contributed by atoms with Crippen LogP contribution >= 0.6 is 0 Å². The lowest BCUT2D eigenvalue weighted by molar-refractivity contribution is -0.146. The third-order valence-electron chi connectivity index (χ3n) is 5.62. The van der Waals surface area contributed by atoms with E-state index < -0.39 is 11.2 Å². The summed E-state index contributed by atoms with van der Waals surface area (Å²) in [6.07, 6.45) is 1.70. The molecule has 25 heavy (non-hydrogen) atoms. The summed E-state index contributed by atoms with van der Waals surface area (Å²) in [6.45, 7) is 9.57. The average Bonchev–Trinajstić information content (AvgIpc) is 2.97. The van der Waals surface area contributed by atoms with Crippen LogP contribution in [-0.2, 0) is 15.1 Å². The molecule has 0 unspecified atom stereocenters. The van der Waals surface area contributed by atoms with Crippen molar-refractivity contribution in [1.29, 1.82) is 0 Å². The molecule has 1 spiro atoms. The monoisotopic (exact) mass is 345 g/mol. The lowest BCUT2D eigenvalue weighted by Crippen LogP contribution is -2.46. The number of anilines is 1. The van der Waals surface area contributed by atoms with Gasteiger partial charge in [-0.1, -0.05) is 31.2 Å². The molecule has 1 saturated heterocycles. The van der Waals surface area contributed by atoms with Crippen molar-refractivity contribution in [3.8, 4) is 0 Å². The number of rotatable bonds is 5. The quantitative estimate of drug-likeness (QED) is 0.803. The minimum atomic E-state index is -1.12. The fraction of sp³-hybridized carbons (Fsp3) is 0.550. The van der Waals surface area contributed by atoms with Gasteiger partial charge in [-0.25, -0.2) is 0 Å². The number of nitrogens with zero attached hydrogens (tertiary/aromatic N) is 1. The molecule has 2 N–H and O–H groups in total. The molecule has 5 heteroatoms. The molecule has 1 fully saturated rings. The fourth-order valence-electron chi connectivity index (χ4n) is 4.74. The van der Waals surface area contributed by atoms with E-state index in [1.807, 2.05) is 31.2 Å². The maximum absolute atomic E-state index is 13.4. The van der Waals surface area contributed by atoms with E-state index in [1.165, 1.54) is 0 Å². The summed E-state index contributed by atoms with van der Waals surface area (Å²) in [4.78, 5) is 15.1. The minimum absolute atomic E-state index is 0.0493. The first-order valence-electron chi connectivity index (χ1n) is 8.82. The second kappa shape index (κ2) is 6.24. The number of aliphatic hydroxyl groups excluding tert-OH is 1. The van der Waals surface area contributed by atoms with Crippen molar-refractivity contribution in [2.45, 2.75) is 44.5 Å². The molecule has 4 atom stereocenters. The number of aliphatic hydroxyl groups is 2. The van der Waals surface area contributed by atoms with Crippen LogP contribution in [0.25, 0.3) is 0 Å². The van der Waals surface area contributed by atoms with E-state index in [4.69, 9.17) is 4.74 Å². The summed E-state index contributed by atoms with van der Waals surface area (Å²) in [5, 5.41) is 20.2. The highest BCUT2D eigenvalue weighted by Gasteiger charge is 2.65. The second-order valence-corrected chi connectivity index (χ2v) is 7.59. The van der Waals surface area contributed by atoms with Crippen LogP contribution in [0.2, 0.25) is 0 Å². The first-order chi connectivity index (χ1) is 11.8. The smallest absolute Gasteiger partial charge is 0.264 e. The molecule has 1 aromatic carbocycles. The fourth-order valence-corrected chi connectivity index (χ4v) is 4.74. The number of benzene rings is 1. The lowest BCUT2D eigenvalue weighted by atomic mass is 9.71. The Hall–Kier alpha value is -1.69. The van der Waals surface area contributed by atoms with Crippen molar-refractivity contribution >= 4 is 11.6 Å². The molecule has 1 aromatic rings. The molecule has 0 bridgehead atoms. The van der Waals surface area contributed by atoms with Crippen LogP contribution in [0.5, 0.6) is 0 Å². The maximum atomic E-state index is 13.4. The predicted octanol–water partition coefficient (Wildman–Crippen LogP) is 2.22. The number of hydrogen-bond acceptors (Lipinski definition) is 4. The Morgan fingerprint density at radius 3 is 2.68 bits per heavy atom. The van der Waals surface area contributed by atoms with Crippen LogP contribution < -0.4 is 4.90 Å². The standard InChI is InChI=1S/C20H27NO4/c1-5-11-21-15-9-7-6-8-14(15)20(18(21)23)13(2)17(19(3,4)24)16(25-20)10-12-22/h5-9,13,16-17,22,24H,1,10-12H2,2-4H3/t13-,16+,17-,20+/m1/s1. The van der Waals surface area contributed by atoms with Crippen molar-refractivity contribution in [1.82, 2.24) is 0 Å². The van der Waals surface area contributed by atoms with Gasteiger partial charge >= 0.3 is 0 Å². The Morgan fingerprint density at radius 1 is 1.40 bits per heavy atom. The van der Waals surface area contributed by atoms with Gasteiger partial charge in [0.1, 0.15) is 0 Å². The number of fused-ring (bicyclic) bond motifs is 2. The van der Waals surface area contributed by atoms with Gasteiger partial charge in [-0.15, -0.1) is 6.58 Å². The first-order valence-corrected chi connectivity index (χ1v) is 8.82. The van der Waals surface area contributed by atoms with Crippen LogP contribution in [0.1, 0.15) is 32.8 Å². The number of ether oxygens (including phenoxy) is 1. The van der Waals surface area contributed by atoms with Crippen molar-refractivity contribution in [2.24, 2.45) is 11.8 Å². The van der Waals surface area contributed by atoms with Gasteiger partial charge in [0, 0.05) is 30.6 Å². The second-order valence-electron chi connectivity index (χ2n) is 7.59. The third-order valence-corrected chi connectivity index (χ3v) is 5.62. The zero-order valence-electron chi connectivity index (χ0n) is 15.1. The molecule has 5 nitrogen and oxygen atoms in total. The first kappa shape index (κ1) is 18.1. The molecular formula is C20H27NO4. The lowest BCUT2D eigenvalue weighted by Gasteiger charge is -2.34. The van der Waals surface area contributed by atoms with Gasteiger partial charge in [-0.05, 0) is 26.3 Å². The van der Waals surface area contributed by atoms with E-state index in [9.17, 15) is 15.0 Å². The third kappa shape index (κ3) is 2.53. The normalized spacial score (nSPS) is 31.6. The van der Waals surface area contributed by atoms with Crippen LogP contribution in [0.3, 0.4) is 0 Å². The van der Waals surface area contributed by atoms with Gasteiger partial charge < -0.3 is 19.8 Å². The number of carbonyl (C=O) groups is 1. The summed E-state index contributed by atoms with van der Waals surface area (Å²) >= 11 is 0. The SMILES string of the molecule is C=CCN1C(=O)[C@@]2(O[C@@H](CCO)[C@H](C(C)(C)O)[C@H]2C)c2ccccc21. The van der Waals surface area contributed by atoms with Crippen molar-refractivity contribution in [3.63, 3.8) is 0 Å². The van der Waals surface area contributed by atoms with E-state index >= 15 is 0 Å². The minimum Gasteiger partial charge on any atom is -0.396 e. The van der Waals surface area contributed by atoms with E-state index in [0.29, 0.717) is 13.0 Å². The molecule has 0 saturated carbocycles. The molecule has 0 radical (unpaired) electrons. The van der Waals surface area contributed by atoms with Gasteiger partial charge in [0.2, 0.25) is 0 Å². The Balaban J connectivity index is 2.15. The Bertz CT molecular complexity index is 681. The number of amides is 1.